The zero-order chi connectivity index (χ0) is 12.3. The standard InChI is InChI=1S/C10H13ClO4S/c1-15-8-5-3-7(4-6-8)9(12)10(11)16(2,13)14/h3-6,9-10,12H,1-2H3/t9-,10-/m1/s1. The average molecular weight is 265 g/mol. The molecule has 16 heavy (non-hydrogen) atoms. The SMILES string of the molecule is COc1ccc([C@@H](O)[C@H](Cl)S(C)(=O)=O)cc1. The van der Waals surface area contributed by atoms with E-state index < -0.39 is 20.7 Å². The number of halogens is 1. The van der Waals surface area contributed by atoms with Gasteiger partial charge in [-0.3, -0.25) is 0 Å². The summed E-state index contributed by atoms with van der Waals surface area (Å²) in [7, 11) is -1.96. The number of aliphatic hydroxyl groups excluding tert-OH is 1. The van der Waals surface area contributed by atoms with E-state index in [0.717, 1.165) is 6.26 Å². The highest BCUT2D eigenvalue weighted by molar-refractivity contribution is 7.92. The van der Waals surface area contributed by atoms with E-state index in [1.807, 2.05) is 0 Å². The molecule has 0 aliphatic rings. The average Bonchev–Trinajstić information content (AvgIpc) is 2.26. The van der Waals surface area contributed by atoms with Crippen molar-refractivity contribution in [3.8, 4) is 5.75 Å². The Balaban J connectivity index is 2.92. The van der Waals surface area contributed by atoms with Crippen LogP contribution in [0.25, 0.3) is 0 Å². The summed E-state index contributed by atoms with van der Waals surface area (Å²) in [4.78, 5) is 0. The van der Waals surface area contributed by atoms with Crippen molar-refractivity contribution in [3.05, 3.63) is 29.8 Å². The molecule has 0 radical (unpaired) electrons. The summed E-state index contributed by atoms with van der Waals surface area (Å²) in [6, 6.07) is 6.41. The first-order chi connectivity index (χ1) is 7.36. The lowest BCUT2D eigenvalue weighted by molar-refractivity contribution is 0.192. The second-order valence-corrected chi connectivity index (χ2v) is 6.29. The van der Waals surface area contributed by atoms with E-state index in [9.17, 15) is 13.5 Å². The lowest BCUT2D eigenvalue weighted by Gasteiger charge is -2.15. The number of alkyl halides is 1. The Morgan fingerprint density at radius 3 is 2.19 bits per heavy atom. The Kier molecular flexibility index (Phi) is 4.18. The summed E-state index contributed by atoms with van der Waals surface area (Å²) in [6.45, 7) is 0. The fourth-order valence-electron chi connectivity index (χ4n) is 1.19. The first-order valence-electron chi connectivity index (χ1n) is 4.51. The van der Waals surface area contributed by atoms with Crippen LogP contribution in [-0.2, 0) is 9.84 Å². The maximum Gasteiger partial charge on any atom is 0.167 e. The molecule has 0 bridgehead atoms. The van der Waals surface area contributed by atoms with Crippen molar-refractivity contribution in [1.29, 1.82) is 0 Å². The van der Waals surface area contributed by atoms with Gasteiger partial charge in [-0.2, -0.15) is 0 Å². The maximum absolute atomic E-state index is 11.2. The van der Waals surface area contributed by atoms with Crippen LogP contribution in [0.5, 0.6) is 5.75 Å². The van der Waals surface area contributed by atoms with Crippen LogP contribution in [0.3, 0.4) is 0 Å². The molecule has 90 valence electrons. The Morgan fingerprint density at radius 1 is 1.31 bits per heavy atom. The van der Waals surface area contributed by atoms with Gasteiger partial charge in [-0.05, 0) is 17.7 Å². The van der Waals surface area contributed by atoms with E-state index in [4.69, 9.17) is 16.3 Å². The van der Waals surface area contributed by atoms with Gasteiger partial charge in [0.05, 0.1) is 7.11 Å². The maximum atomic E-state index is 11.2. The zero-order valence-electron chi connectivity index (χ0n) is 8.92. The van der Waals surface area contributed by atoms with Crippen molar-refractivity contribution < 1.29 is 18.3 Å². The Morgan fingerprint density at radius 2 is 1.81 bits per heavy atom. The number of hydrogen-bond donors (Lipinski definition) is 1. The van der Waals surface area contributed by atoms with Crippen LogP contribution in [0.2, 0.25) is 0 Å². The molecule has 1 aromatic rings. The summed E-state index contributed by atoms with van der Waals surface area (Å²) in [6.07, 6.45) is -0.264. The van der Waals surface area contributed by atoms with Gasteiger partial charge in [-0.1, -0.05) is 12.1 Å². The minimum atomic E-state index is -3.48. The lowest BCUT2D eigenvalue weighted by Crippen LogP contribution is -2.21. The number of hydrogen-bond acceptors (Lipinski definition) is 4. The second-order valence-electron chi connectivity index (χ2n) is 3.40. The summed E-state index contributed by atoms with van der Waals surface area (Å²) in [5.41, 5.74) is 0.436. The third-order valence-corrected chi connectivity index (χ3v) is 4.40. The van der Waals surface area contributed by atoms with Gasteiger partial charge in [0.1, 0.15) is 11.9 Å². The van der Waals surface area contributed by atoms with Crippen LogP contribution in [0, 0.1) is 0 Å². The van der Waals surface area contributed by atoms with Crippen LogP contribution in [0.15, 0.2) is 24.3 Å². The first-order valence-corrected chi connectivity index (χ1v) is 6.90. The van der Waals surface area contributed by atoms with Gasteiger partial charge in [0.15, 0.2) is 14.5 Å². The number of benzene rings is 1. The number of ether oxygens (including phenoxy) is 1. The normalized spacial score (nSPS) is 15.5. The van der Waals surface area contributed by atoms with Gasteiger partial charge in [0.2, 0.25) is 0 Å². The van der Waals surface area contributed by atoms with Gasteiger partial charge < -0.3 is 9.84 Å². The highest BCUT2D eigenvalue weighted by Crippen LogP contribution is 2.26. The van der Waals surface area contributed by atoms with Gasteiger partial charge in [-0.25, -0.2) is 8.42 Å². The molecule has 0 aliphatic heterocycles. The van der Waals surface area contributed by atoms with Crippen molar-refractivity contribution in [2.24, 2.45) is 0 Å². The fraction of sp³-hybridized carbons (Fsp3) is 0.400. The van der Waals surface area contributed by atoms with Crippen molar-refractivity contribution in [1.82, 2.24) is 0 Å². The van der Waals surface area contributed by atoms with E-state index in [0.29, 0.717) is 11.3 Å². The van der Waals surface area contributed by atoms with Crippen LogP contribution in [0.4, 0.5) is 0 Å². The number of methoxy groups -OCH3 is 1. The summed E-state index contributed by atoms with van der Waals surface area (Å²) in [5, 5.41) is 9.74. The number of rotatable bonds is 4. The molecule has 0 saturated heterocycles. The molecule has 1 aromatic carbocycles. The molecule has 2 atom stereocenters. The largest absolute Gasteiger partial charge is 0.497 e. The Labute approximate surface area is 99.7 Å². The lowest BCUT2D eigenvalue weighted by atomic mass is 10.1. The molecule has 0 aliphatic carbocycles. The quantitative estimate of drug-likeness (QED) is 0.834. The highest BCUT2D eigenvalue weighted by Gasteiger charge is 2.27. The van der Waals surface area contributed by atoms with E-state index in [-0.39, 0.29) is 0 Å². The van der Waals surface area contributed by atoms with E-state index in [1.165, 1.54) is 7.11 Å². The minimum absolute atomic E-state index is 0.436. The zero-order valence-corrected chi connectivity index (χ0v) is 10.5. The second kappa shape index (κ2) is 5.03. The van der Waals surface area contributed by atoms with Crippen LogP contribution < -0.4 is 4.74 Å². The van der Waals surface area contributed by atoms with Crippen LogP contribution >= 0.6 is 11.6 Å². The predicted molar refractivity (Wildman–Crippen MR) is 62.4 cm³/mol. The van der Waals surface area contributed by atoms with E-state index in [2.05, 4.69) is 0 Å². The molecule has 0 aromatic heterocycles. The summed E-state index contributed by atoms with van der Waals surface area (Å²) < 4.78 is 25.9. The van der Waals surface area contributed by atoms with Crippen molar-refractivity contribution >= 4 is 21.4 Å². The molecule has 0 heterocycles. The summed E-state index contributed by atoms with van der Waals surface area (Å²) >= 11 is 5.65. The van der Waals surface area contributed by atoms with Crippen LogP contribution in [-0.4, -0.2) is 31.6 Å². The Bertz CT molecular complexity index is 440. The van der Waals surface area contributed by atoms with Gasteiger partial charge >= 0.3 is 0 Å². The van der Waals surface area contributed by atoms with Gasteiger partial charge in [0.25, 0.3) is 0 Å². The fourth-order valence-corrected chi connectivity index (χ4v) is 1.96. The molecular weight excluding hydrogens is 252 g/mol. The number of sulfone groups is 1. The third-order valence-electron chi connectivity index (χ3n) is 2.11. The molecule has 0 fully saturated rings. The third kappa shape index (κ3) is 3.10. The van der Waals surface area contributed by atoms with Crippen molar-refractivity contribution in [2.75, 3.05) is 13.4 Å². The molecule has 0 unspecified atom stereocenters. The van der Waals surface area contributed by atoms with Gasteiger partial charge in [0, 0.05) is 6.26 Å². The van der Waals surface area contributed by atoms with Gasteiger partial charge in [-0.15, -0.1) is 11.6 Å². The predicted octanol–water partition coefficient (Wildman–Crippen LogP) is 1.34. The molecule has 0 amide bonds. The smallest absolute Gasteiger partial charge is 0.167 e. The molecule has 6 heteroatoms. The first kappa shape index (κ1) is 13.3. The number of aliphatic hydroxyl groups is 1. The monoisotopic (exact) mass is 264 g/mol. The Hall–Kier alpha value is -0.780. The summed E-state index contributed by atoms with van der Waals surface area (Å²) in [5.74, 6) is 0.626. The molecule has 1 N–H and O–H groups in total. The molecular formula is C10H13ClO4S. The van der Waals surface area contributed by atoms with Crippen molar-refractivity contribution in [2.45, 2.75) is 10.8 Å². The molecule has 1 rings (SSSR count). The molecule has 4 nitrogen and oxygen atoms in total. The minimum Gasteiger partial charge on any atom is -0.497 e. The molecule has 0 saturated carbocycles. The van der Waals surface area contributed by atoms with Crippen LogP contribution in [0.1, 0.15) is 11.7 Å². The van der Waals surface area contributed by atoms with Crippen molar-refractivity contribution in [3.63, 3.8) is 0 Å². The molecule has 0 spiro atoms. The topological polar surface area (TPSA) is 63.6 Å². The highest BCUT2D eigenvalue weighted by atomic mass is 35.5. The van der Waals surface area contributed by atoms with E-state index in [1.54, 1.807) is 24.3 Å². The van der Waals surface area contributed by atoms with E-state index >= 15 is 0 Å².